The first-order valence-corrected chi connectivity index (χ1v) is 4.14. The SMILES string of the molecule is CCN(C)C(=O)NCC(C)(C)N. The second kappa shape index (κ2) is 4.30. The van der Waals surface area contributed by atoms with Crippen LogP contribution in [0.1, 0.15) is 20.8 Å². The van der Waals surface area contributed by atoms with E-state index in [9.17, 15) is 4.79 Å². The first-order valence-electron chi connectivity index (χ1n) is 4.14. The normalized spacial score (nSPS) is 11.1. The summed E-state index contributed by atoms with van der Waals surface area (Å²) in [7, 11) is 1.75. The van der Waals surface area contributed by atoms with Gasteiger partial charge in [-0.25, -0.2) is 4.79 Å². The zero-order valence-corrected chi connectivity index (χ0v) is 8.35. The van der Waals surface area contributed by atoms with E-state index in [1.807, 2.05) is 20.8 Å². The summed E-state index contributed by atoms with van der Waals surface area (Å²) in [5.41, 5.74) is 5.35. The molecule has 0 spiro atoms. The van der Waals surface area contributed by atoms with Crippen LogP contribution < -0.4 is 11.1 Å². The second-order valence-electron chi connectivity index (χ2n) is 3.66. The predicted octanol–water partition coefficient (Wildman–Crippen LogP) is 0.385. The first kappa shape index (κ1) is 11.2. The standard InChI is InChI=1S/C8H19N3O/c1-5-11(4)7(12)10-6-8(2,3)9/h5-6,9H2,1-4H3,(H,10,12). The molecule has 0 heterocycles. The van der Waals surface area contributed by atoms with Crippen molar-refractivity contribution >= 4 is 6.03 Å². The summed E-state index contributed by atoms with van der Waals surface area (Å²) in [6.45, 7) is 6.87. The summed E-state index contributed by atoms with van der Waals surface area (Å²) in [5, 5.41) is 2.74. The summed E-state index contributed by atoms with van der Waals surface area (Å²) < 4.78 is 0. The van der Waals surface area contributed by atoms with E-state index >= 15 is 0 Å². The number of amides is 2. The quantitative estimate of drug-likeness (QED) is 0.648. The van der Waals surface area contributed by atoms with Crippen molar-refractivity contribution in [1.29, 1.82) is 0 Å². The molecule has 72 valence electrons. The van der Waals surface area contributed by atoms with Crippen LogP contribution in [0.3, 0.4) is 0 Å². The van der Waals surface area contributed by atoms with Crippen molar-refractivity contribution in [2.45, 2.75) is 26.3 Å². The molecule has 0 atom stereocenters. The molecule has 4 heteroatoms. The van der Waals surface area contributed by atoms with Gasteiger partial charge in [-0.2, -0.15) is 0 Å². The van der Waals surface area contributed by atoms with E-state index in [1.165, 1.54) is 0 Å². The molecule has 0 saturated heterocycles. The molecule has 3 N–H and O–H groups in total. The molecule has 0 aromatic carbocycles. The van der Waals surface area contributed by atoms with Gasteiger partial charge in [0, 0.05) is 25.7 Å². The van der Waals surface area contributed by atoms with Crippen LogP contribution in [-0.4, -0.2) is 36.6 Å². The van der Waals surface area contributed by atoms with Crippen molar-refractivity contribution in [2.75, 3.05) is 20.1 Å². The summed E-state index contributed by atoms with van der Waals surface area (Å²) >= 11 is 0. The summed E-state index contributed by atoms with van der Waals surface area (Å²) in [6, 6.07) is -0.0731. The van der Waals surface area contributed by atoms with Gasteiger partial charge < -0.3 is 16.0 Å². The van der Waals surface area contributed by atoms with Crippen LogP contribution in [0.5, 0.6) is 0 Å². The molecule has 0 aliphatic heterocycles. The molecular formula is C8H19N3O. The summed E-state index contributed by atoms with van der Waals surface area (Å²) in [4.78, 5) is 12.8. The van der Waals surface area contributed by atoms with Crippen LogP contribution in [0.25, 0.3) is 0 Å². The highest BCUT2D eigenvalue weighted by atomic mass is 16.2. The van der Waals surface area contributed by atoms with E-state index in [1.54, 1.807) is 11.9 Å². The van der Waals surface area contributed by atoms with Crippen molar-refractivity contribution in [3.05, 3.63) is 0 Å². The number of hydrogen-bond donors (Lipinski definition) is 2. The number of nitrogens with one attached hydrogen (secondary N) is 1. The molecule has 0 aliphatic carbocycles. The fourth-order valence-corrected chi connectivity index (χ4v) is 0.582. The van der Waals surface area contributed by atoms with Gasteiger partial charge in [-0.1, -0.05) is 0 Å². The highest BCUT2D eigenvalue weighted by Gasteiger charge is 2.13. The third kappa shape index (κ3) is 4.96. The molecule has 12 heavy (non-hydrogen) atoms. The van der Waals surface area contributed by atoms with Crippen molar-refractivity contribution in [3.63, 3.8) is 0 Å². The Hall–Kier alpha value is -0.770. The lowest BCUT2D eigenvalue weighted by Crippen LogP contribution is -2.48. The Morgan fingerprint density at radius 3 is 2.42 bits per heavy atom. The molecule has 0 aliphatic rings. The van der Waals surface area contributed by atoms with Gasteiger partial charge in [-0.05, 0) is 20.8 Å². The van der Waals surface area contributed by atoms with Gasteiger partial charge in [0.1, 0.15) is 0 Å². The van der Waals surface area contributed by atoms with Gasteiger partial charge in [-0.3, -0.25) is 0 Å². The number of carbonyl (C=O) groups excluding carboxylic acids is 1. The highest BCUT2D eigenvalue weighted by Crippen LogP contribution is 1.93. The Kier molecular flexibility index (Phi) is 4.03. The van der Waals surface area contributed by atoms with Crippen LogP contribution in [0.4, 0.5) is 4.79 Å². The Labute approximate surface area is 74.1 Å². The van der Waals surface area contributed by atoms with Crippen molar-refractivity contribution < 1.29 is 4.79 Å². The molecule has 0 rings (SSSR count). The molecule has 4 nitrogen and oxygen atoms in total. The van der Waals surface area contributed by atoms with Gasteiger partial charge in [-0.15, -0.1) is 0 Å². The van der Waals surface area contributed by atoms with Crippen LogP contribution in [0.2, 0.25) is 0 Å². The molecule has 0 saturated carbocycles. The van der Waals surface area contributed by atoms with Gasteiger partial charge >= 0.3 is 6.03 Å². The lowest BCUT2D eigenvalue weighted by atomic mass is 10.1. The Bertz CT molecular complexity index is 151. The molecule has 2 amide bonds. The van der Waals surface area contributed by atoms with E-state index in [4.69, 9.17) is 5.73 Å². The monoisotopic (exact) mass is 173 g/mol. The molecule has 0 aromatic rings. The lowest BCUT2D eigenvalue weighted by molar-refractivity contribution is 0.208. The zero-order chi connectivity index (χ0) is 9.78. The molecule has 0 fully saturated rings. The third-order valence-corrected chi connectivity index (χ3v) is 1.52. The lowest BCUT2D eigenvalue weighted by Gasteiger charge is -2.22. The molecule has 0 unspecified atom stereocenters. The number of urea groups is 1. The molecule has 0 aromatic heterocycles. The highest BCUT2D eigenvalue weighted by molar-refractivity contribution is 5.73. The Morgan fingerprint density at radius 1 is 1.58 bits per heavy atom. The number of hydrogen-bond acceptors (Lipinski definition) is 2. The first-order chi connectivity index (χ1) is 5.37. The number of nitrogens with two attached hydrogens (primary N) is 1. The predicted molar refractivity (Wildman–Crippen MR) is 50.0 cm³/mol. The molecule has 0 radical (unpaired) electrons. The third-order valence-electron chi connectivity index (χ3n) is 1.52. The van der Waals surface area contributed by atoms with Gasteiger partial charge in [0.05, 0.1) is 0 Å². The van der Waals surface area contributed by atoms with Gasteiger partial charge in [0.2, 0.25) is 0 Å². The average Bonchev–Trinajstić information content (AvgIpc) is 1.97. The van der Waals surface area contributed by atoms with Gasteiger partial charge in [0.25, 0.3) is 0 Å². The van der Waals surface area contributed by atoms with E-state index in [0.717, 1.165) is 0 Å². The van der Waals surface area contributed by atoms with Crippen molar-refractivity contribution in [2.24, 2.45) is 5.73 Å². The number of rotatable bonds is 3. The fraction of sp³-hybridized carbons (Fsp3) is 0.875. The maximum atomic E-state index is 11.2. The summed E-state index contributed by atoms with van der Waals surface area (Å²) in [5.74, 6) is 0. The maximum absolute atomic E-state index is 11.2. The van der Waals surface area contributed by atoms with Crippen LogP contribution >= 0.6 is 0 Å². The molecule has 0 bridgehead atoms. The smallest absolute Gasteiger partial charge is 0.317 e. The maximum Gasteiger partial charge on any atom is 0.317 e. The van der Waals surface area contributed by atoms with Crippen molar-refractivity contribution in [3.8, 4) is 0 Å². The average molecular weight is 173 g/mol. The number of nitrogens with zero attached hydrogens (tertiary/aromatic N) is 1. The minimum Gasteiger partial charge on any atom is -0.336 e. The van der Waals surface area contributed by atoms with E-state index in [2.05, 4.69) is 5.32 Å². The van der Waals surface area contributed by atoms with E-state index < -0.39 is 0 Å². The second-order valence-corrected chi connectivity index (χ2v) is 3.66. The molecular weight excluding hydrogens is 154 g/mol. The van der Waals surface area contributed by atoms with Crippen LogP contribution in [0, 0.1) is 0 Å². The van der Waals surface area contributed by atoms with Crippen molar-refractivity contribution in [1.82, 2.24) is 10.2 Å². The fourth-order valence-electron chi connectivity index (χ4n) is 0.582. The Morgan fingerprint density at radius 2 is 2.08 bits per heavy atom. The summed E-state index contributed by atoms with van der Waals surface area (Å²) in [6.07, 6.45) is 0. The zero-order valence-electron chi connectivity index (χ0n) is 8.35. The van der Waals surface area contributed by atoms with Crippen LogP contribution in [-0.2, 0) is 0 Å². The number of carbonyl (C=O) groups is 1. The van der Waals surface area contributed by atoms with Gasteiger partial charge in [0.15, 0.2) is 0 Å². The minimum atomic E-state index is -0.343. The minimum absolute atomic E-state index is 0.0731. The Balaban J connectivity index is 3.72. The van der Waals surface area contributed by atoms with E-state index in [-0.39, 0.29) is 11.6 Å². The largest absolute Gasteiger partial charge is 0.336 e. The topological polar surface area (TPSA) is 58.4 Å². The van der Waals surface area contributed by atoms with Crippen LogP contribution in [0.15, 0.2) is 0 Å². The van der Waals surface area contributed by atoms with E-state index in [0.29, 0.717) is 13.1 Å².